The van der Waals surface area contributed by atoms with Crippen LogP contribution in [0.3, 0.4) is 0 Å². The molecule has 1 saturated heterocycles. The molecule has 2 aromatic heterocycles. The molecule has 0 spiro atoms. The average molecular weight is 369 g/mol. The average Bonchev–Trinajstić information content (AvgIpc) is 3.23. The molecule has 7 nitrogen and oxygen atoms in total. The van der Waals surface area contributed by atoms with Crippen molar-refractivity contribution in [3.8, 4) is 10.8 Å². The fourth-order valence-corrected chi connectivity index (χ4v) is 4.26. The maximum Gasteiger partial charge on any atom is 0.273 e. The number of hydrogen-bond acceptors (Lipinski definition) is 6. The van der Waals surface area contributed by atoms with Gasteiger partial charge in [-0.2, -0.15) is 0 Å². The van der Waals surface area contributed by atoms with Gasteiger partial charge in [0.1, 0.15) is 5.69 Å². The standard InChI is InChI=1S/C15H19N3O4S2/c1-17(24(2,20)21)11-5-7-18(8-6-11)15(19)12-10-23-14(16-12)13-4-3-9-22-13/h3-4,9-11H,5-8H2,1-2H3. The lowest BCUT2D eigenvalue weighted by atomic mass is 10.1. The van der Waals surface area contributed by atoms with Crippen molar-refractivity contribution in [3.63, 3.8) is 0 Å². The number of nitrogens with zero attached hydrogens (tertiary/aromatic N) is 3. The first-order valence-electron chi connectivity index (χ1n) is 7.58. The number of rotatable bonds is 4. The van der Waals surface area contributed by atoms with Gasteiger partial charge in [-0.15, -0.1) is 11.3 Å². The Morgan fingerprint density at radius 1 is 1.42 bits per heavy atom. The highest BCUT2D eigenvalue weighted by atomic mass is 32.2. The van der Waals surface area contributed by atoms with Gasteiger partial charge in [0.05, 0.1) is 12.5 Å². The van der Waals surface area contributed by atoms with Crippen molar-refractivity contribution in [2.45, 2.75) is 18.9 Å². The van der Waals surface area contributed by atoms with Crippen LogP contribution in [0.2, 0.25) is 0 Å². The minimum atomic E-state index is -3.21. The molecule has 2 aromatic rings. The number of carbonyl (C=O) groups is 1. The van der Waals surface area contributed by atoms with Gasteiger partial charge in [0.15, 0.2) is 10.8 Å². The highest BCUT2D eigenvalue weighted by molar-refractivity contribution is 7.88. The number of carbonyl (C=O) groups excluding carboxylic acids is 1. The van der Waals surface area contributed by atoms with Gasteiger partial charge in [0.2, 0.25) is 10.0 Å². The van der Waals surface area contributed by atoms with E-state index in [0.29, 0.717) is 42.4 Å². The zero-order valence-electron chi connectivity index (χ0n) is 13.5. The molecule has 1 aliphatic rings. The monoisotopic (exact) mass is 369 g/mol. The Hall–Kier alpha value is -1.71. The Bertz CT molecular complexity index is 806. The summed E-state index contributed by atoms with van der Waals surface area (Å²) in [5.41, 5.74) is 0.404. The van der Waals surface area contributed by atoms with E-state index in [1.54, 1.807) is 35.7 Å². The summed E-state index contributed by atoms with van der Waals surface area (Å²) in [5, 5.41) is 2.41. The van der Waals surface area contributed by atoms with Gasteiger partial charge in [-0.3, -0.25) is 4.79 Å². The normalized spacial score (nSPS) is 16.7. The molecule has 0 unspecified atom stereocenters. The van der Waals surface area contributed by atoms with Crippen LogP contribution in [0.5, 0.6) is 0 Å². The Morgan fingerprint density at radius 3 is 2.71 bits per heavy atom. The number of thiazole rings is 1. The number of aromatic nitrogens is 1. The third-order valence-electron chi connectivity index (χ3n) is 4.24. The number of piperidine rings is 1. The predicted octanol–water partition coefficient (Wildman–Crippen LogP) is 1.90. The summed E-state index contributed by atoms with van der Waals surface area (Å²) in [6, 6.07) is 3.53. The molecular weight excluding hydrogens is 350 g/mol. The molecule has 0 saturated carbocycles. The van der Waals surface area contributed by atoms with E-state index in [1.165, 1.54) is 21.9 Å². The van der Waals surface area contributed by atoms with Crippen LogP contribution in [0.25, 0.3) is 10.8 Å². The summed E-state index contributed by atoms with van der Waals surface area (Å²) in [5.74, 6) is 0.525. The number of sulfonamides is 1. The second-order valence-electron chi connectivity index (χ2n) is 5.82. The zero-order valence-corrected chi connectivity index (χ0v) is 15.1. The molecule has 0 atom stereocenters. The first-order chi connectivity index (χ1) is 11.4. The van der Waals surface area contributed by atoms with Gasteiger partial charge in [0, 0.05) is 31.6 Å². The minimum absolute atomic E-state index is 0.0573. The van der Waals surface area contributed by atoms with Crippen molar-refractivity contribution in [2.24, 2.45) is 0 Å². The third-order valence-corrected chi connectivity index (χ3v) is 6.45. The molecule has 1 aliphatic heterocycles. The van der Waals surface area contributed by atoms with E-state index >= 15 is 0 Å². The summed E-state index contributed by atoms with van der Waals surface area (Å²) >= 11 is 1.37. The molecule has 0 radical (unpaired) electrons. The van der Waals surface area contributed by atoms with E-state index in [9.17, 15) is 13.2 Å². The lowest BCUT2D eigenvalue weighted by Gasteiger charge is -2.35. The number of hydrogen-bond donors (Lipinski definition) is 0. The van der Waals surface area contributed by atoms with Crippen LogP contribution in [-0.4, -0.2) is 60.9 Å². The molecule has 0 bridgehead atoms. The largest absolute Gasteiger partial charge is 0.462 e. The molecule has 9 heteroatoms. The van der Waals surface area contributed by atoms with Gasteiger partial charge in [-0.25, -0.2) is 17.7 Å². The first-order valence-corrected chi connectivity index (χ1v) is 10.3. The number of likely N-dealkylation sites (tertiary alicyclic amines) is 1. The van der Waals surface area contributed by atoms with Crippen molar-refractivity contribution < 1.29 is 17.6 Å². The Labute approximate surface area is 144 Å². The maximum atomic E-state index is 12.6. The van der Waals surface area contributed by atoms with Crippen LogP contribution in [0.15, 0.2) is 28.2 Å². The number of furan rings is 1. The smallest absolute Gasteiger partial charge is 0.273 e. The van der Waals surface area contributed by atoms with Gasteiger partial charge >= 0.3 is 0 Å². The highest BCUT2D eigenvalue weighted by Gasteiger charge is 2.30. The lowest BCUT2D eigenvalue weighted by molar-refractivity contribution is 0.0681. The Balaban J connectivity index is 1.63. The summed E-state index contributed by atoms with van der Waals surface area (Å²) in [6.07, 6.45) is 4.03. The van der Waals surface area contributed by atoms with Crippen molar-refractivity contribution in [2.75, 3.05) is 26.4 Å². The van der Waals surface area contributed by atoms with Gasteiger partial charge < -0.3 is 9.32 Å². The molecule has 1 amide bonds. The second kappa shape index (κ2) is 6.66. The van der Waals surface area contributed by atoms with E-state index in [2.05, 4.69) is 4.98 Å². The van der Waals surface area contributed by atoms with E-state index in [-0.39, 0.29) is 11.9 Å². The van der Waals surface area contributed by atoms with Gasteiger partial charge in [-0.05, 0) is 25.0 Å². The first kappa shape index (κ1) is 17.1. The summed E-state index contributed by atoms with van der Waals surface area (Å²) in [7, 11) is -1.61. The van der Waals surface area contributed by atoms with Crippen LogP contribution in [-0.2, 0) is 10.0 Å². The third kappa shape index (κ3) is 3.52. The molecule has 3 rings (SSSR count). The van der Waals surface area contributed by atoms with Crippen molar-refractivity contribution in [1.29, 1.82) is 0 Å². The molecule has 3 heterocycles. The summed E-state index contributed by atoms with van der Waals surface area (Å²) in [6.45, 7) is 1.05. The summed E-state index contributed by atoms with van der Waals surface area (Å²) < 4.78 is 29.9. The lowest BCUT2D eigenvalue weighted by Crippen LogP contribution is -2.47. The van der Waals surface area contributed by atoms with E-state index in [0.717, 1.165) is 0 Å². The van der Waals surface area contributed by atoms with E-state index < -0.39 is 10.0 Å². The maximum absolute atomic E-state index is 12.6. The summed E-state index contributed by atoms with van der Waals surface area (Å²) in [4.78, 5) is 18.6. The zero-order chi connectivity index (χ0) is 17.3. The molecule has 24 heavy (non-hydrogen) atoms. The second-order valence-corrected chi connectivity index (χ2v) is 8.72. The molecule has 130 valence electrons. The topological polar surface area (TPSA) is 83.7 Å². The van der Waals surface area contributed by atoms with Crippen molar-refractivity contribution in [1.82, 2.24) is 14.2 Å². The SMILES string of the molecule is CN(C1CCN(C(=O)c2csc(-c3ccco3)n2)CC1)S(C)(=O)=O. The van der Waals surface area contributed by atoms with Crippen LogP contribution in [0.4, 0.5) is 0 Å². The van der Waals surface area contributed by atoms with Crippen molar-refractivity contribution >= 4 is 27.3 Å². The molecule has 0 aromatic carbocycles. The van der Waals surface area contributed by atoms with Crippen molar-refractivity contribution in [3.05, 3.63) is 29.5 Å². The fourth-order valence-electron chi connectivity index (χ4n) is 2.75. The Morgan fingerprint density at radius 2 is 2.12 bits per heavy atom. The molecule has 1 fully saturated rings. The molecular formula is C15H19N3O4S2. The number of amides is 1. The van der Waals surface area contributed by atoms with Gasteiger partial charge in [-0.1, -0.05) is 0 Å². The van der Waals surface area contributed by atoms with Crippen LogP contribution in [0, 0.1) is 0 Å². The predicted molar refractivity (Wildman–Crippen MR) is 91.3 cm³/mol. The van der Waals surface area contributed by atoms with Crippen LogP contribution < -0.4 is 0 Å². The van der Waals surface area contributed by atoms with Crippen LogP contribution in [0.1, 0.15) is 23.3 Å². The fraction of sp³-hybridized carbons (Fsp3) is 0.467. The van der Waals surface area contributed by atoms with Crippen LogP contribution >= 0.6 is 11.3 Å². The van der Waals surface area contributed by atoms with E-state index in [4.69, 9.17) is 4.42 Å². The minimum Gasteiger partial charge on any atom is -0.462 e. The van der Waals surface area contributed by atoms with E-state index in [1.807, 2.05) is 0 Å². The Kier molecular flexibility index (Phi) is 4.75. The van der Waals surface area contributed by atoms with Gasteiger partial charge in [0.25, 0.3) is 5.91 Å². The molecule has 0 aliphatic carbocycles. The highest BCUT2D eigenvalue weighted by Crippen LogP contribution is 2.25. The molecule has 0 N–H and O–H groups in total. The quantitative estimate of drug-likeness (QED) is 0.822.